The van der Waals surface area contributed by atoms with E-state index in [9.17, 15) is 23.4 Å². The molecule has 0 aromatic rings. The van der Waals surface area contributed by atoms with Crippen molar-refractivity contribution in [1.82, 2.24) is 10.2 Å². The highest BCUT2D eigenvalue weighted by Gasteiger charge is 2.51. The van der Waals surface area contributed by atoms with Gasteiger partial charge in [0.05, 0.1) is 5.75 Å². The van der Waals surface area contributed by atoms with Crippen LogP contribution in [0.5, 0.6) is 0 Å². The summed E-state index contributed by atoms with van der Waals surface area (Å²) in [5, 5.41) is 19.4. The molecule has 0 saturated carbocycles. The van der Waals surface area contributed by atoms with Crippen molar-refractivity contribution in [3.63, 3.8) is 0 Å². The number of nitrogens with two attached hydrogens (primary N) is 1. The third kappa shape index (κ3) is 5.68. The quantitative estimate of drug-likeness (QED) is 0.209. The van der Waals surface area contributed by atoms with E-state index in [-0.39, 0.29) is 25.0 Å². The summed E-state index contributed by atoms with van der Waals surface area (Å²) in [5.74, 6) is -3.79. The maximum atomic E-state index is 12.1. The Kier molecular flexibility index (Phi) is 7.83. The van der Waals surface area contributed by atoms with E-state index in [0.717, 1.165) is 4.90 Å². The van der Waals surface area contributed by atoms with Crippen LogP contribution in [0.1, 0.15) is 19.3 Å². The average molecular weight is 395 g/mol. The first-order valence-corrected chi connectivity index (χ1v) is 9.61. The number of carboxylic acid groups (broad SMARTS) is 2. The molecule has 1 fully saturated rings. The minimum atomic E-state index is -1.42. The van der Waals surface area contributed by atoms with Gasteiger partial charge in [-0.25, -0.2) is 4.79 Å². The average Bonchev–Trinajstić information content (AvgIpc) is 2.51. The smallest absolute Gasteiger partial charge is 0.327 e. The number of aliphatic carboxylic acids is 2. The topological polar surface area (TPSA) is 167 Å². The number of thiol groups is 1. The number of β-lactam (4-membered cyclic amide) rings is 1. The van der Waals surface area contributed by atoms with Crippen molar-refractivity contribution < 1.29 is 33.6 Å². The first kappa shape index (κ1) is 21.4. The monoisotopic (exact) mass is 395 g/mol. The number of carbonyl (C=O) groups excluding carboxylic acids is 2. The molecule has 1 saturated heterocycles. The minimum Gasteiger partial charge on any atom is -0.480 e. The lowest BCUT2D eigenvalue weighted by Gasteiger charge is -2.47. The van der Waals surface area contributed by atoms with Gasteiger partial charge in [-0.15, -0.1) is 0 Å². The predicted octanol–water partition coefficient (Wildman–Crippen LogP) is -2.02. The number of nitrogens with zero attached hydrogens (tertiary/aromatic N) is 1. The summed E-state index contributed by atoms with van der Waals surface area (Å²) < 4.78 is 11.3. The van der Waals surface area contributed by atoms with Crippen molar-refractivity contribution in [3.05, 3.63) is 0 Å². The minimum absolute atomic E-state index is 0.0212. The van der Waals surface area contributed by atoms with Crippen molar-refractivity contribution in [3.8, 4) is 0 Å². The predicted molar refractivity (Wildman–Crippen MR) is 91.4 cm³/mol. The number of hydrogen-bond acceptors (Lipinski definition) is 7. The molecule has 1 rings (SSSR count). The van der Waals surface area contributed by atoms with Gasteiger partial charge < -0.3 is 26.2 Å². The molecule has 2 amide bonds. The number of amides is 2. The molecule has 12 heteroatoms. The fraction of sp³-hybridized carbons (Fsp3) is 0.692. The van der Waals surface area contributed by atoms with Crippen molar-refractivity contribution in [2.45, 2.75) is 42.8 Å². The fourth-order valence-corrected chi connectivity index (χ4v) is 3.54. The van der Waals surface area contributed by atoms with E-state index in [4.69, 9.17) is 15.9 Å². The Morgan fingerprint density at radius 2 is 1.96 bits per heavy atom. The highest BCUT2D eigenvalue weighted by atomic mass is 32.2. The van der Waals surface area contributed by atoms with Gasteiger partial charge in [0.2, 0.25) is 11.8 Å². The molecule has 0 spiro atoms. The van der Waals surface area contributed by atoms with Crippen LogP contribution in [0.25, 0.3) is 0 Å². The zero-order chi connectivity index (χ0) is 19.3. The Morgan fingerprint density at radius 1 is 1.36 bits per heavy atom. The molecular formula is C13H21N3O7S2. The van der Waals surface area contributed by atoms with E-state index in [1.165, 1.54) is 6.26 Å². The summed E-state index contributed by atoms with van der Waals surface area (Å²) in [6, 6.07) is -3.31. The molecule has 10 nitrogen and oxygen atoms in total. The van der Waals surface area contributed by atoms with Crippen LogP contribution in [-0.2, 0) is 30.0 Å². The molecule has 0 aliphatic carbocycles. The van der Waals surface area contributed by atoms with Crippen LogP contribution in [0.15, 0.2) is 0 Å². The van der Waals surface area contributed by atoms with Crippen LogP contribution in [0.4, 0.5) is 0 Å². The maximum absolute atomic E-state index is 12.1. The number of nitrogens with one attached hydrogen (secondary N) is 1. The lowest BCUT2D eigenvalue weighted by Crippen LogP contribution is -2.72. The van der Waals surface area contributed by atoms with Crippen LogP contribution >= 0.6 is 12.6 Å². The lowest BCUT2D eigenvalue weighted by atomic mass is 10.0. The molecule has 0 radical (unpaired) electrons. The normalized spacial score (nSPS) is 23.3. The number of carbonyl (C=O) groups is 4. The summed E-state index contributed by atoms with van der Waals surface area (Å²) in [6.45, 7) is 0. The summed E-state index contributed by atoms with van der Waals surface area (Å²) in [6.07, 6.45) is 1.65. The Morgan fingerprint density at radius 3 is 2.40 bits per heavy atom. The van der Waals surface area contributed by atoms with Crippen molar-refractivity contribution in [2.75, 3.05) is 12.0 Å². The van der Waals surface area contributed by atoms with Gasteiger partial charge in [-0.05, 0) is 12.8 Å². The number of hydrogen-bond donors (Lipinski definition) is 5. The SMILES string of the molecule is C[S@](=O)C[C@H](C(=O)O)N1C(=O)[C@@H](NC(=O)CCC[C@H](N)C(=O)O)[C@H]1S. The summed E-state index contributed by atoms with van der Waals surface area (Å²) in [7, 11) is -1.42. The second kappa shape index (κ2) is 9.15. The number of rotatable bonds is 10. The maximum Gasteiger partial charge on any atom is 0.327 e. The van der Waals surface area contributed by atoms with Crippen molar-refractivity contribution in [1.29, 1.82) is 0 Å². The highest BCUT2D eigenvalue weighted by molar-refractivity contribution is 7.84. The zero-order valence-electron chi connectivity index (χ0n) is 13.5. The lowest BCUT2D eigenvalue weighted by molar-refractivity contribution is -0.160. The molecule has 25 heavy (non-hydrogen) atoms. The van der Waals surface area contributed by atoms with Gasteiger partial charge in [-0.2, -0.15) is 12.6 Å². The molecule has 0 unspecified atom stereocenters. The number of carboxylic acids is 2. The molecule has 0 aromatic carbocycles. The van der Waals surface area contributed by atoms with Gasteiger partial charge in [0.15, 0.2) is 0 Å². The van der Waals surface area contributed by atoms with Crippen molar-refractivity contribution in [2.24, 2.45) is 5.73 Å². The molecule has 142 valence electrons. The molecule has 5 atom stereocenters. The molecule has 1 aliphatic rings. The van der Waals surface area contributed by atoms with Gasteiger partial charge in [0.1, 0.15) is 23.5 Å². The van der Waals surface area contributed by atoms with E-state index in [1.54, 1.807) is 0 Å². The Labute approximate surface area is 152 Å². The highest BCUT2D eigenvalue weighted by Crippen LogP contribution is 2.27. The van der Waals surface area contributed by atoms with Crippen LogP contribution in [-0.4, -0.2) is 78.6 Å². The Hall–Kier alpha value is -1.66. The summed E-state index contributed by atoms with van der Waals surface area (Å²) >= 11 is 4.15. The van der Waals surface area contributed by atoms with Gasteiger partial charge in [-0.3, -0.25) is 18.6 Å². The van der Waals surface area contributed by atoms with Crippen LogP contribution in [0.2, 0.25) is 0 Å². The summed E-state index contributed by atoms with van der Waals surface area (Å²) in [5.41, 5.74) is 5.32. The third-order valence-electron chi connectivity index (χ3n) is 3.67. The zero-order valence-corrected chi connectivity index (χ0v) is 15.2. The summed E-state index contributed by atoms with van der Waals surface area (Å²) in [4.78, 5) is 46.7. The van der Waals surface area contributed by atoms with E-state index >= 15 is 0 Å². The first-order valence-electron chi connectivity index (χ1n) is 7.37. The largest absolute Gasteiger partial charge is 0.480 e. The van der Waals surface area contributed by atoms with Gasteiger partial charge in [0, 0.05) is 23.5 Å². The van der Waals surface area contributed by atoms with Gasteiger partial charge in [0.25, 0.3) is 0 Å². The van der Waals surface area contributed by atoms with Crippen LogP contribution < -0.4 is 11.1 Å². The van der Waals surface area contributed by atoms with E-state index in [0.29, 0.717) is 0 Å². The van der Waals surface area contributed by atoms with E-state index in [2.05, 4.69) is 17.9 Å². The van der Waals surface area contributed by atoms with E-state index < -0.39 is 58.1 Å². The van der Waals surface area contributed by atoms with E-state index in [1.807, 2.05) is 0 Å². The number of likely N-dealkylation sites (tertiary alicyclic amines) is 1. The van der Waals surface area contributed by atoms with Crippen LogP contribution in [0.3, 0.4) is 0 Å². The molecule has 0 bridgehead atoms. The first-order chi connectivity index (χ1) is 11.6. The fourth-order valence-electron chi connectivity index (χ4n) is 2.32. The Bertz CT molecular complexity index is 586. The van der Waals surface area contributed by atoms with Gasteiger partial charge in [-0.1, -0.05) is 0 Å². The standard InChI is InChI=1S/C13H21N3O7S2/c1-25(23)5-7(13(21)22)16-10(18)9(11(16)24)15-8(17)4-2-3-6(14)12(19)20/h6-7,9,11,24H,2-5,14H2,1H3,(H,15,17)(H,19,20)(H,21,22)/t6-,7+,9+,11+,25-/m0/s1. The molecular weight excluding hydrogens is 374 g/mol. The van der Waals surface area contributed by atoms with Gasteiger partial charge >= 0.3 is 11.9 Å². The molecule has 5 N–H and O–H groups in total. The molecule has 1 heterocycles. The van der Waals surface area contributed by atoms with Crippen molar-refractivity contribution >= 4 is 47.2 Å². The second-order valence-electron chi connectivity index (χ2n) is 5.64. The Balaban J connectivity index is 2.53. The molecule has 1 aliphatic heterocycles. The molecule has 0 aromatic heterocycles. The second-order valence-corrected chi connectivity index (χ2v) is 7.64. The van der Waals surface area contributed by atoms with Crippen LogP contribution in [0, 0.1) is 0 Å². The third-order valence-corrected chi connectivity index (χ3v) is 5.00.